The van der Waals surface area contributed by atoms with Crippen molar-refractivity contribution in [2.24, 2.45) is 10.7 Å². The van der Waals surface area contributed by atoms with Crippen LogP contribution in [0.15, 0.2) is 53.7 Å². The summed E-state index contributed by atoms with van der Waals surface area (Å²) in [7, 11) is 1.68. The van der Waals surface area contributed by atoms with E-state index < -0.39 is 0 Å². The summed E-state index contributed by atoms with van der Waals surface area (Å²) in [5.41, 5.74) is 8.16. The average Bonchev–Trinajstić information content (AvgIpc) is 2.60. The quantitative estimate of drug-likeness (QED) is 0.287. The predicted octanol–water partition coefficient (Wildman–Crippen LogP) is 2.79. The lowest BCUT2D eigenvalue weighted by atomic mass is 10.1. The van der Waals surface area contributed by atoms with Gasteiger partial charge in [0.25, 0.3) is 0 Å². The first-order chi connectivity index (χ1) is 11.3. The molecule has 0 spiro atoms. The van der Waals surface area contributed by atoms with Gasteiger partial charge in [-0.25, -0.2) is 0 Å². The third-order valence-electron chi connectivity index (χ3n) is 3.45. The van der Waals surface area contributed by atoms with Crippen molar-refractivity contribution in [2.75, 3.05) is 20.2 Å². The van der Waals surface area contributed by atoms with E-state index in [1.165, 1.54) is 5.56 Å². The Hall–Kier alpha value is -1.83. The van der Waals surface area contributed by atoms with E-state index in [1.54, 1.807) is 13.3 Å². The summed E-state index contributed by atoms with van der Waals surface area (Å²) in [6.45, 7) is 1.45. The van der Waals surface area contributed by atoms with Crippen LogP contribution in [-0.4, -0.2) is 31.1 Å². The van der Waals surface area contributed by atoms with Crippen molar-refractivity contribution in [3.05, 3.63) is 59.9 Å². The van der Waals surface area contributed by atoms with E-state index in [4.69, 9.17) is 10.5 Å². The number of guanidine groups is 1. The second kappa shape index (κ2) is 11.7. The normalized spacial score (nSPS) is 10.8. The van der Waals surface area contributed by atoms with Crippen molar-refractivity contribution in [1.82, 2.24) is 10.3 Å². The van der Waals surface area contributed by atoms with Crippen molar-refractivity contribution >= 4 is 29.9 Å². The molecule has 0 bridgehead atoms. The molecule has 1 heterocycles. The fraction of sp³-hybridized carbons (Fsp3) is 0.333. The number of rotatable bonds is 8. The Balaban J connectivity index is 0.00000288. The highest BCUT2D eigenvalue weighted by atomic mass is 127. The second-order valence-electron chi connectivity index (χ2n) is 5.22. The molecular weight excluding hydrogens is 415 g/mol. The molecule has 5 nitrogen and oxygen atoms in total. The van der Waals surface area contributed by atoms with Crippen molar-refractivity contribution in [1.29, 1.82) is 0 Å². The molecule has 0 saturated carbocycles. The summed E-state index contributed by atoms with van der Waals surface area (Å²) in [6.07, 6.45) is 4.55. The Labute approximate surface area is 160 Å². The largest absolute Gasteiger partial charge is 0.497 e. The Morgan fingerprint density at radius 3 is 2.83 bits per heavy atom. The van der Waals surface area contributed by atoms with Crippen LogP contribution in [0.1, 0.15) is 17.7 Å². The number of pyridine rings is 1. The molecule has 1 aromatic heterocycles. The van der Waals surface area contributed by atoms with Crippen LogP contribution in [0, 0.1) is 0 Å². The minimum absolute atomic E-state index is 0. The molecule has 24 heavy (non-hydrogen) atoms. The summed E-state index contributed by atoms with van der Waals surface area (Å²) >= 11 is 0. The molecular formula is C18H25IN4O. The molecule has 0 radical (unpaired) electrons. The van der Waals surface area contributed by atoms with Crippen LogP contribution in [0.2, 0.25) is 0 Å². The lowest BCUT2D eigenvalue weighted by molar-refractivity contribution is 0.414. The number of benzene rings is 1. The minimum Gasteiger partial charge on any atom is -0.497 e. The first-order valence-electron chi connectivity index (χ1n) is 7.84. The van der Waals surface area contributed by atoms with Crippen molar-refractivity contribution in [2.45, 2.75) is 19.3 Å². The molecule has 0 fully saturated rings. The van der Waals surface area contributed by atoms with Gasteiger partial charge in [0.05, 0.1) is 7.11 Å². The third-order valence-corrected chi connectivity index (χ3v) is 3.45. The van der Waals surface area contributed by atoms with Crippen molar-refractivity contribution in [3.63, 3.8) is 0 Å². The smallest absolute Gasteiger partial charge is 0.188 e. The number of methoxy groups -OCH3 is 1. The van der Waals surface area contributed by atoms with Crippen LogP contribution in [0.5, 0.6) is 5.75 Å². The molecule has 6 heteroatoms. The van der Waals surface area contributed by atoms with E-state index in [1.807, 2.05) is 30.3 Å². The van der Waals surface area contributed by atoms with E-state index >= 15 is 0 Å². The van der Waals surface area contributed by atoms with Crippen LogP contribution in [0.25, 0.3) is 0 Å². The Morgan fingerprint density at radius 2 is 2.08 bits per heavy atom. The zero-order valence-electron chi connectivity index (χ0n) is 13.9. The number of ether oxygens (including phenoxy) is 1. The molecule has 2 rings (SSSR count). The van der Waals surface area contributed by atoms with E-state index in [0.29, 0.717) is 12.5 Å². The highest BCUT2D eigenvalue weighted by Gasteiger charge is 1.97. The van der Waals surface area contributed by atoms with E-state index in [0.717, 1.165) is 37.3 Å². The monoisotopic (exact) mass is 440 g/mol. The Bertz CT molecular complexity index is 619. The maximum Gasteiger partial charge on any atom is 0.188 e. The Kier molecular flexibility index (Phi) is 9.83. The molecule has 0 aliphatic rings. The van der Waals surface area contributed by atoms with E-state index in [9.17, 15) is 0 Å². The topological polar surface area (TPSA) is 72.5 Å². The lowest BCUT2D eigenvalue weighted by Crippen LogP contribution is -2.33. The van der Waals surface area contributed by atoms with Gasteiger partial charge in [-0.05, 0) is 42.7 Å². The van der Waals surface area contributed by atoms with E-state index in [-0.39, 0.29) is 24.0 Å². The van der Waals surface area contributed by atoms with Gasteiger partial charge >= 0.3 is 0 Å². The molecule has 3 N–H and O–H groups in total. The SMILES string of the molecule is COc1cccc(CCCN=C(N)NCCc2ccccn2)c1.I. The number of hydrogen-bond donors (Lipinski definition) is 2. The van der Waals surface area contributed by atoms with Gasteiger partial charge < -0.3 is 15.8 Å². The van der Waals surface area contributed by atoms with E-state index in [2.05, 4.69) is 27.4 Å². The summed E-state index contributed by atoms with van der Waals surface area (Å²) in [5, 5.41) is 3.12. The number of halogens is 1. The van der Waals surface area contributed by atoms with Gasteiger partial charge in [-0.15, -0.1) is 24.0 Å². The summed E-state index contributed by atoms with van der Waals surface area (Å²) in [5.74, 6) is 1.38. The molecule has 0 atom stereocenters. The van der Waals surface area contributed by atoms with Crippen LogP contribution >= 0.6 is 24.0 Å². The molecule has 0 unspecified atom stereocenters. The summed E-state index contributed by atoms with van der Waals surface area (Å²) < 4.78 is 5.22. The molecule has 0 aliphatic carbocycles. The van der Waals surface area contributed by atoms with Gasteiger partial charge in [0.2, 0.25) is 0 Å². The summed E-state index contributed by atoms with van der Waals surface area (Å²) in [4.78, 5) is 8.61. The highest BCUT2D eigenvalue weighted by Crippen LogP contribution is 2.13. The van der Waals surface area contributed by atoms with Gasteiger partial charge in [-0.1, -0.05) is 18.2 Å². The van der Waals surface area contributed by atoms with Gasteiger partial charge in [-0.3, -0.25) is 9.98 Å². The fourth-order valence-electron chi connectivity index (χ4n) is 2.23. The lowest BCUT2D eigenvalue weighted by Gasteiger charge is -2.06. The number of aryl methyl sites for hydroxylation is 1. The number of hydrogen-bond acceptors (Lipinski definition) is 3. The predicted molar refractivity (Wildman–Crippen MR) is 109 cm³/mol. The zero-order valence-corrected chi connectivity index (χ0v) is 16.3. The molecule has 130 valence electrons. The van der Waals surface area contributed by atoms with Gasteiger partial charge in [0, 0.05) is 31.4 Å². The number of aromatic nitrogens is 1. The number of nitrogens with one attached hydrogen (secondary N) is 1. The van der Waals surface area contributed by atoms with Crippen LogP contribution in [0.3, 0.4) is 0 Å². The highest BCUT2D eigenvalue weighted by molar-refractivity contribution is 14.0. The maximum atomic E-state index is 5.86. The average molecular weight is 440 g/mol. The third kappa shape index (κ3) is 7.63. The second-order valence-corrected chi connectivity index (χ2v) is 5.22. The number of nitrogens with zero attached hydrogens (tertiary/aromatic N) is 2. The molecule has 0 aliphatic heterocycles. The van der Waals surface area contributed by atoms with Crippen molar-refractivity contribution in [3.8, 4) is 5.75 Å². The zero-order chi connectivity index (χ0) is 16.3. The van der Waals surface area contributed by atoms with Gasteiger partial charge in [0.15, 0.2) is 5.96 Å². The Morgan fingerprint density at radius 1 is 1.21 bits per heavy atom. The van der Waals surface area contributed by atoms with Gasteiger partial charge in [-0.2, -0.15) is 0 Å². The molecule has 2 aromatic rings. The van der Waals surface area contributed by atoms with Gasteiger partial charge in [0.1, 0.15) is 5.75 Å². The standard InChI is InChI=1S/C18H24N4O.HI/c1-23-17-9-4-6-15(14-17)7-5-12-21-18(19)22-13-10-16-8-2-3-11-20-16;/h2-4,6,8-9,11,14H,5,7,10,12-13H2,1H3,(H3,19,21,22);1H. The first-order valence-corrected chi connectivity index (χ1v) is 7.84. The number of aliphatic imine (C=N–C) groups is 1. The first kappa shape index (κ1) is 20.2. The minimum atomic E-state index is 0. The van der Waals surface area contributed by atoms with Crippen molar-refractivity contribution < 1.29 is 4.74 Å². The maximum absolute atomic E-state index is 5.86. The number of nitrogens with two attached hydrogens (primary N) is 1. The van der Waals surface area contributed by atoms with Crippen LogP contribution in [-0.2, 0) is 12.8 Å². The molecule has 0 saturated heterocycles. The fourth-order valence-corrected chi connectivity index (χ4v) is 2.23. The summed E-state index contributed by atoms with van der Waals surface area (Å²) in [6, 6.07) is 14.0. The van der Waals surface area contributed by atoms with Crippen LogP contribution < -0.4 is 15.8 Å². The van der Waals surface area contributed by atoms with Crippen LogP contribution in [0.4, 0.5) is 0 Å². The molecule has 0 amide bonds. The molecule has 1 aromatic carbocycles.